The molecule has 0 aliphatic heterocycles. The van der Waals surface area contributed by atoms with Crippen LogP contribution in [-0.2, 0) is 6.42 Å². The second kappa shape index (κ2) is 5.63. The highest BCUT2D eigenvalue weighted by molar-refractivity contribution is 5.29. The van der Waals surface area contributed by atoms with E-state index >= 15 is 0 Å². The number of benzene rings is 2. The predicted molar refractivity (Wildman–Crippen MR) is 66.1 cm³/mol. The van der Waals surface area contributed by atoms with E-state index in [1.165, 1.54) is 13.0 Å². The lowest BCUT2D eigenvalue weighted by molar-refractivity contribution is 0.170. The van der Waals surface area contributed by atoms with E-state index in [4.69, 9.17) is 0 Å². The Labute approximate surface area is 113 Å². The zero-order valence-corrected chi connectivity index (χ0v) is 10.6. The second-order valence-corrected chi connectivity index (χ2v) is 4.54. The molecular weight excluding hydrogens is 272 g/mol. The molecule has 0 bridgehead atoms. The summed E-state index contributed by atoms with van der Waals surface area (Å²) in [5, 5.41) is 9.92. The topological polar surface area (TPSA) is 20.2 Å². The number of aliphatic hydroxyl groups excluding tert-OH is 1. The van der Waals surface area contributed by atoms with Crippen molar-refractivity contribution < 1.29 is 22.7 Å². The molecule has 0 aliphatic carbocycles. The van der Waals surface area contributed by atoms with E-state index in [1.807, 2.05) is 0 Å². The summed E-state index contributed by atoms with van der Waals surface area (Å²) in [4.78, 5) is 0. The van der Waals surface area contributed by atoms with Gasteiger partial charge >= 0.3 is 0 Å². The first-order valence-electron chi connectivity index (χ1n) is 5.96. The van der Waals surface area contributed by atoms with Crippen molar-refractivity contribution in [3.05, 3.63) is 70.3 Å². The van der Waals surface area contributed by atoms with Crippen molar-refractivity contribution in [1.29, 1.82) is 0 Å². The maximum absolute atomic E-state index is 13.6. The molecule has 0 saturated heterocycles. The summed E-state index contributed by atoms with van der Waals surface area (Å²) in [6.07, 6.45) is -1.89. The highest BCUT2D eigenvalue weighted by Gasteiger charge is 2.19. The Balaban J connectivity index is 2.33. The third kappa shape index (κ3) is 2.82. The molecule has 0 amide bonds. The lowest BCUT2D eigenvalue weighted by Gasteiger charge is -2.14. The van der Waals surface area contributed by atoms with Crippen LogP contribution in [0.5, 0.6) is 0 Å². The van der Waals surface area contributed by atoms with Crippen molar-refractivity contribution in [2.45, 2.75) is 19.4 Å². The number of aryl methyl sites for hydroxylation is 1. The Kier molecular flexibility index (Phi) is 4.09. The van der Waals surface area contributed by atoms with Gasteiger partial charge in [0.1, 0.15) is 23.3 Å². The van der Waals surface area contributed by atoms with Crippen molar-refractivity contribution in [2.24, 2.45) is 0 Å². The predicted octanol–water partition coefficient (Wildman–Crippen LogP) is 3.83. The monoisotopic (exact) mass is 284 g/mol. The lowest BCUT2D eigenvalue weighted by atomic mass is 9.98. The quantitative estimate of drug-likeness (QED) is 0.849. The summed E-state index contributed by atoms with van der Waals surface area (Å²) in [6, 6.07) is 5.08. The van der Waals surface area contributed by atoms with E-state index in [1.54, 1.807) is 0 Å². The number of halogens is 4. The van der Waals surface area contributed by atoms with Crippen LogP contribution in [0.25, 0.3) is 0 Å². The zero-order valence-electron chi connectivity index (χ0n) is 10.6. The minimum absolute atomic E-state index is 0.148. The summed E-state index contributed by atoms with van der Waals surface area (Å²) in [6.45, 7) is 1.41. The fourth-order valence-corrected chi connectivity index (χ4v) is 1.97. The van der Waals surface area contributed by atoms with Gasteiger partial charge in [-0.2, -0.15) is 0 Å². The number of aliphatic hydroxyl groups is 1. The Hall–Kier alpha value is -1.88. The van der Waals surface area contributed by atoms with Gasteiger partial charge in [-0.05, 0) is 30.7 Å². The minimum Gasteiger partial charge on any atom is -0.388 e. The van der Waals surface area contributed by atoms with Crippen molar-refractivity contribution in [3.63, 3.8) is 0 Å². The van der Waals surface area contributed by atoms with Gasteiger partial charge in [0.05, 0.1) is 6.10 Å². The van der Waals surface area contributed by atoms with Gasteiger partial charge in [0.2, 0.25) is 0 Å². The van der Waals surface area contributed by atoms with E-state index in [2.05, 4.69) is 0 Å². The highest BCUT2D eigenvalue weighted by Crippen LogP contribution is 2.25. The van der Waals surface area contributed by atoms with Crippen LogP contribution in [0.2, 0.25) is 0 Å². The average molecular weight is 284 g/mol. The molecule has 0 fully saturated rings. The number of rotatable bonds is 3. The Morgan fingerprint density at radius 2 is 1.55 bits per heavy atom. The van der Waals surface area contributed by atoms with Gasteiger partial charge in [0, 0.05) is 23.6 Å². The molecule has 0 spiro atoms. The molecule has 0 aromatic heterocycles. The maximum Gasteiger partial charge on any atom is 0.131 e. The van der Waals surface area contributed by atoms with E-state index in [-0.39, 0.29) is 16.7 Å². The Bertz CT molecular complexity index is 620. The molecule has 0 saturated carbocycles. The smallest absolute Gasteiger partial charge is 0.131 e. The molecule has 1 nitrogen and oxygen atoms in total. The normalized spacial score (nSPS) is 12.5. The van der Waals surface area contributed by atoms with E-state index < -0.39 is 35.8 Å². The summed E-state index contributed by atoms with van der Waals surface area (Å²) >= 11 is 0. The van der Waals surface area contributed by atoms with Crippen molar-refractivity contribution in [1.82, 2.24) is 0 Å². The molecular formula is C15H12F4O. The van der Waals surface area contributed by atoms with Crippen molar-refractivity contribution >= 4 is 0 Å². The van der Waals surface area contributed by atoms with Gasteiger partial charge in [-0.25, -0.2) is 17.6 Å². The molecule has 5 heteroatoms. The van der Waals surface area contributed by atoms with Crippen LogP contribution in [-0.4, -0.2) is 5.11 Å². The molecule has 20 heavy (non-hydrogen) atoms. The van der Waals surface area contributed by atoms with Crippen molar-refractivity contribution in [2.75, 3.05) is 0 Å². The molecule has 1 N–H and O–H groups in total. The van der Waals surface area contributed by atoms with Crippen LogP contribution in [0.4, 0.5) is 17.6 Å². The van der Waals surface area contributed by atoms with Crippen LogP contribution >= 0.6 is 0 Å². The third-order valence-electron chi connectivity index (χ3n) is 3.10. The van der Waals surface area contributed by atoms with Crippen LogP contribution in [0.1, 0.15) is 22.8 Å². The summed E-state index contributed by atoms with van der Waals surface area (Å²) in [5.74, 6) is -3.32. The molecule has 2 aromatic carbocycles. The first-order chi connectivity index (χ1) is 9.40. The van der Waals surface area contributed by atoms with Gasteiger partial charge in [-0.1, -0.05) is 6.07 Å². The van der Waals surface area contributed by atoms with E-state index in [9.17, 15) is 22.7 Å². The molecule has 106 valence electrons. The largest absolute Gasteiger partial charge is 0.388 e. The SMILES string of the molecule is Cc1cc(C(O)Cc2c(F)cccc2F)c(F)cc1F. The first-order valence-corrected chi connectivity index (χ1v) is 5.96. The van der Waals surface area contributed by atoms with Crippen LogP contribution in [0, 0.1) is 30.2 Å². The van der Waals surface area contributed by atoms with Crippen molar-refractivity contribution in [3.8, 4) is 0 Å². The van der Waals surface area contributed by atoms with Gasteiger partial charge in [0.15, 0.2) is 0 Å². The Morgan fingerprint density at radius 3 is 2.15 bits per heavy atom. The standard InChI is InChI=1S/C15H12F4O/c1-8-5-10(14(19)7-13(8)18)15(20)6-9-11(16)3-2-4-12(9)17/h2-5,7,15,20H,6H2,1H3. The number of hydrogen-bond donors (Lipinski definition) is 1. The van der Waals surface area contributed by atoms with Gasteiger partial charge in [-0.15, -0.1) is 0 Å². The summed E-state index contributed by atoms with van der Waals surface area (Å²) in [7, 11) is 0. The average Bonchev–Trinajstić information content (AvgIpc) is 2.38. The molecule has 2 rings (SSSR count). The van der Waals surface area contributed by atoms with Crippen LogP contribution in [0.3, 0.4) is 0 Å². The summed E-state index contributed by atoms with van der Waals surface area (Å²) < 4.78 is 53.7. The second-order valence-electron chi connectivity index (χ2n) is 4.54. The fourth-order valence-electron chi connectivity index (χ4n) is 1.97. The zero-order chi connectivity index (χ0) is 14.9. The molecule has 1 atom stereocenters. The first kappa shape index (κ1) is 14.5. The number of hydrogen-bond acceptors (Lipinski definition) is 1. The fraction of sp³-hybridized carbons (Fsp3) is 0.200. The Morgan fingerprint density at radius 1 is 0.950 bits per heavy atom. The third-order valence-corrected chi connectivity index (χ3v) is 3.10. The van der Waals surface area contributed by atoms with Gasteiger partial charge in [0.25, 0.3) is 0 Å². The molecule has 2 aromatic rings. The molecule has 0 radical (unpaired) electrons. The van der Waals surface area contributed by atoms with Crippen LogP contribution < -0.4 is 0 Å². The van der Waals surface area contributed by atoms with Gasteiger partial charge in [-0.3, -0.25) is 0 Å². The van der Waals surface area contributed by atoms with E-state index in [0.717, 1.165) is 18.2 Å². The molecule has 0 heterocycles. The van der Waals surface area contributed by atoms with Gasteiger partial charge < -0.3 is 5.11 Å². The molecule has 0 aliphatic rings. The lowest BCUT2D eigenvalue weighted by Crippen LogP contribution is -2.08. The highest BCUT2D eigenvalue weighted by atomic mass is 19.1. The maximum atomic E-state index is 13.6. The van der Waals surface area contributed by atoms with E-state index in [0.29, 0.717) is 6.07 Å². The molecule has 1 unspecified atom stereocenters. The summed E-state index contributed by atoms with van der Waals surface area (Å²) in [5.41, 5.74) is -0.373. The van der Waals surface area contributed by atoms with Crippen LogP contribution in [0.15, 0.2) is 30.3 Å². The minimum atomic E-state index is -1.46.